The van der Waals surface area contributed by atoms with Gasteiger partial charge in [0.2, 0.25) is 0 Å². The molecule has 4 nitrogen and oxygen atoms in total. The van der Waals surface area contributed by atoms with Crippen molar-refractivity contribution in [1.82, 2.24) is 14.6 Å². The molecule has 0 aliphatic rings. The zero-order valence-electron chi connectivity index (χ0n) is 9.37. The highest BCUT2D eigenvalue weighted by Crippen LogP contribution is 2.20. The third-order valence-corrected chi connectivity index (χ3v) is 2.40. The van der Waals surface area contributed by atoms with Gasteiger partial charge in [-0.25, -0.2) is 4.98 Å². The van der Waals surface area contributed by atoms with Crippen LogP contribution in [0, 0.1) is 13.8 Å². The van der Waals surface area contributed by atoms with Gasteiger partial charge in [-0.15, -0.1) is 0 Å². The normalized spacial score (nSPS) is 9.93. The van der Waals surface area contributed by atoms with Crippen molar-refractivity contribution >= 4 is 23.1 Å². The van der Waals surface area contributed by atoms with E-state index in [1.807, 2.05) is 27.7 Å². The molecule has 0 saturated heterocycles. The minimum absolute atomic E-state index is 0.523. The summed E-state index contributed by atoms with van der Waals surface area (Å²) in [7, 11) is 0. The summed E-state index contributed by atoms with van der Waals surface area (Å²) >= 11 is 5.87. The number of aromatic nitrogens is 3. The van der Waals surface area contributed by atoms with Crippen molar-refractivity contribution in [2.24, 2.45) is 0 Å². The third-order valence-electron chi connectivity index (χ3n) is 2.13. The number of aryl methyl sites for hydroxylation is 1. The van der Waals surface area contributed by atoms with E-state index in [2.05, 4.69) is 10.1 Å². The van der Waals surface area contributed by atoms with Crippen LogP contribution in [-0.2, 0) is 0 Å². The van der Waals surface area contributed by atoms with Crippen LogP contribution >= 0.6 is 11.6 Å². The van der Waals surface area contributed by atoms with Crippen molar-refractivity contribution in [3.05, 3.63) is 22.5 Å². The topological polar surface area (TPSA) is 56.2 Å². The highest BCUT2D eigenvalue weighted by atomic mass is 35.5. The first-order chi connectivity index (χ1) is 7.11. The Morgan fingerprint density at radius 3 is 2.53 bits per heavy atom. The van der Waals surface area contributed by atoms with Crippen LogP contribution in [0.2, 0.25) is 5.02 Å². The summed E-state index contributed by atoms with van der Waals surface area (Å²) in [6.07, 6.45) is 1.54. The quantitative estimate of drug-likeness (QED) is 0.751. The molecule has 5 heteroatoms. The molecule has 0 atom stereocenters. The van der Waals surface area contributed by atoms with Gasteiger partial charge in [-0.05, 0) is 13.8 Å². The van der Waals surface area contributed by atoms with Crippen molar-refractivity contribution in [1.29, 1.82) is 0 Å². The minimum Gasteiger partial charge on any atom is -0.383 e. The Hall–Kier alpha value is -1.29. The zero-order valence-corrected chi connectivity index (χ0v) is 10.1. The van der Waals surface area contributed by atoms with Gasteiger partial charge in [0.15, 0.2) is 5.65 Å². The Morgan fingerprint density at radius 2 is 1.93 bits per heavy atom. The van der Waals surface area contributed by atoms with Crippen LogP contribution in [0.1, 0.15) is 25.1 Å². The second-order valence-electron chi connectivity index (χ2n) is 2.94. The van der Waals surface area contributed by atoms with Crippen molar-refractivity contribution in [3.8, 4) is 0 Å². The average Bonchev–Trinajstić information content (AvgIpc) is 2.61. The van der Waals surface area contributed by atoms with E-state index in [1.165, 1.54) is 0 Å². The lowest BCUT2D eigenvalue weighted by Crippen LogP contribution is -2.05. The highest BCUT2D eigenvalue weighted by molar-refractivity contribution is 6.33. The Balaban J connectivity index is 0.000000531. The lowest BCUT2D eigenvalue weighted by molar-refractivity contribution is 0.929. The van der Waals surface area contributed by atoms with Crippen LogP contribution in [-0.4, -0.2) is 14.6 Å². The van der Waals surface area contributed by atoms with E-state index >= 15 is 0 Å². The molecular weight excluding hydrogens is 212 g/mol. The number of nitrogens with zero attached hydrogens (tertiary/aromatic N) is 3. The molecule has 0 spiro atoms. The third kappa shape index (κ3) is 1.90. The smallest absolute Gasteiger partial charge is 0.176 e. The van der Waals surface area contributed by atoms with E-state index in [1.54, 1.807) is 10.7 Å². The first-order valence-electron chi connectivity index (χ1n) is 4.87. The van der Waals surface area contributed by atoms with E-state index in [4.69, 9.17) is 17.3 Å². The molecule has 15 heavy (non-hydrogen) atoms. The fourth-order valence-electron chi connectivity index (χ4n) is 1.19. The molecule has 2 aromatic rings. The van der Waals surface area contributed by atoms with E-state index in [-0.39, 0.29) is 0 Å². The lowest BCUT2D eigenvalue weighted by atomic mass is 10.2. The number of halogens is 1. The molecule has 0 aromatic carbocycles. The Morgan fingerprint density at radius 1 is 1.33 bits per heavy atom. The minimum atomic E-state index is 0.523. The van der Waals surface area contributed by atoms with Crippen molar-refractivity contribution in [2.75, 3.05) is 5.73 Å². The predicted octanol–water partition coefficient (Wildman–Crippen LogP) is 2.61. The Bertz CT molecular complexity index is 476. The zero-order chi connectivity index (χ0) is 11.6. The standard InChI is InChI=1S/C8H9ClN4.C2H6/c1-4-5(2)12-8-6(9)3-11-13(8)7(4)10;1-2/h3H,10H2,1-2H3;1-2H3. The van der Waals surface area contributed by atoms with Crippen molar-refractivity contribution < 1.29 is 0 Å². The predicted molar refractivity (Wildman–Crippen MR) is 63.2 cm³/mol. The average molecular weight is 227 g/mol. The highest BCUT2D eigenvalue weighted by Gasteiger charge is 2.09. The monoisotopic (exact) mass is 226 g/mol. The van der Waals surface area contributed by atoms with Crippen LogP contribution in [0.3, 0.4) is 0 Å². The van der Waals surface area contributed by atoms with Gasteiger partial charge < -0.3 is 5.73 Å². The summed E-state index contributed by atoms with van der Waals surface area (Å²) in [5.41, 5.74) is 8.27. The van der Waals surface area contributed by atoms with Crippen molar-refractivity contribution in [3.63, 3.8) is 0 Å². The van der Waals surface area contributed by atoms with Gasteiger partial charge in [0.1, 0.15) is 10.8 Å². The first-order valence-corrected chi connectivity index (χ1v) is 5.25. The van der Waals surface area contributed by atoms with Crippen LogP contribution in [0.5, 0.6) is 0 Å². The summed E-state index contributed by atoms with van der Waals surface area (Å²) in [6, 6.07) is 0. The lowest BCUT2D eigenvalue weighted by Gasteiger charge is -2.05. The fourth-order valence-corrected chi connectivity index (χ4v) is 1.35. The summed E-state index contributed by atoms with van der Waals surface area (Å²) in [6.45, 7) is 7.81. The van der Waals surface area contributed by atoms with Crippen LogP contribution < -0.4 is 5.73 Å². The van der Waals surface area contributed by atoms with E-state index in [0.717, 1.165) is 11.3 Å². The van der Waals surface area contributed by atoms with Gasteiger partial charge in [-0.3, -0.25) is 0 Å². The molecule has 0 saturated carbocycles. The summed E-state index contributed by atoms with van der Waals surface area (Å²) in [5.74, 6) is 0.592. The van der Waals surface area contributed by atoms with Gasteiger partial charge in [0.05, 0.1) is 6.20 Å². The molecule has 0 unspecified atom stereocenters. The number of rotatable bonds is 0. The molecule has 2 N–H and O–H groups in total. The molecule has 0 bridgehead atoms. The van der Waals surface area contributed by atoms with Gasteiger partial charge in [0, 0.05) is 11.3 Å². The summed E-state index contributed by atoms with van der Waals surface area (Å²) in [4.78, 5) is 4.28. The first kappa shape index (κ1) is 11.8. The Labute approximate surface area is 94.1 Å². The second kappa shape index (κ2) is 4.49. The van der Waals surface area contributed by atoms with Crippen LogP contribution in [0.25, 0.3) is 5.65 Å². The molecule has 0 radical (unpaired) electrons. The molecule has 2 rings (SSSR count). The van der Waals surface area contributed by atoms with Gasteiger partial charge >= 0.3 is 0 Å². The maximum Gasteiger partial charge on any atom is 0.176 e. The number of fused-ring (bicyclic) bond motifs is 1. The maximum absolute atomic E-state index is 5.87. The largest absolute Gasteiger partial charge is 0.383 e. The molecular formula is C10H15ClN4. The second-order valence-corrected chi connectivity index (χ2v) is 3.34. The van der Waals surface area contributed by atoms with E-state index < -0.39 is 0 Å². The van der Waals surface area contributed by atoms with Crippen LogP contribution in [0.4, 0.5) is 5.82 Å². The number of anilines is 1. The molecule has 0 aliphatic heterocycles. The molecule has 82 valence electrons. The summed E-state index contributed by atoms with van der Waals surface area (Å²) < 4.78 is 1.55. The number of hydrogen-bond donors (Lipinski definition) is 1. The fraction of sp³-hybridized carbons (Fsp3) is 0.400. The molecule has 2 heterocycles. The summed E-state index contributed by atoms with van der Waals surface area (Å²) in [5, 5.41) is 4.54. The number of nitrogens with two attached hydrogens (primary N) is 1. The van der Waals surface area contributed by atoms with Gasteiger partial charge in [-0.2, -0.15) is 9.61 Å². The molecule has 0 fully saturated rings. The molecule has 0 aliphatic carbocycles. The van der Waals surface area contributed by atoms with Crippen molar-refractivity contribution in [2.45, 2.75) is 27.7 Å². The van der Waals surface area contributed by atoms with Gasteiger partial charge in [-0.1, -0.05) is 25.4 Å². The van der Waals surface area contributed by atoms with Crippen LogP contribution in [0.15, 0.2) is 6.20 Å². The van der Waals surface area contributed by atoms with E-state index in [0.29, 0.717) is 16.5 Å². The molecule has 0 amide bonds. The van der Waals surface area contributed by atoms with E-state index in [9.17, 15) is 0 Å². The SMILES string of the molecule is CC.Cc1nc2c(Cl)cnn2c(N)c1C. The Kier molecular flexibility index (Phi) is 3.52. The number of hydrogen-bond acceptors (Lipinski definition) is 3. The molecule has 2 aromatic heterocycles. The number of nitrogen functional groups attached to an aromatic ring is 1. The van der Waals surface area contributed by atoms with Gasteiger partial charge in [0.25, 0.3) is 0 Å². The maximum atomic E-state index is 5.87.